The van der Waals surface area contributed by atoms with Gasteiger partial charge in [0.2, 0.25) is 0 Å². The Kier molecular flexibility index (Phi) is 3.72. The smallest absolute Gasteiger partial charge is 0.303 e. The molecule has 0 saturated carbocycles. The van der Waals surface area contributed by atoms with Gasteiger partial charge in [-0.15, -0.1) is 0 Å². The van der Waals surface area contributed by atoms with E-state index in [2.05, 4.69) is 0 Å². The minimum absolute atomic E-state index is 0.0296. The fourth-order valence-electron chi connectivity index (χ4n) is 1.60. The Labute approximate surface area is 89.7 Å². The van der Waals surface area contributed by atoms with Crippen molar-refractivity contribution in [3.63, 3.8) is 0 Å². The number of aryl methyl sites for hydroxylation is 1. The molecular weight excluding hydrogens is 192 g/mol. The van der Waals surface area contributed by atoms with Gasteiger partial charge in [-0.25, -0.2) is 0 Å². The summed E-state index contributed by atoms with van der Waals surface area (Å²) in [6.07, 6.45) is 0.124. The second-order valence-corrected chi connectivity index (χ2v) is 3.74. The SMILES string of the molecule is COc1cc(C)ccc1C(C)CC(=O)O. The summed E-state index contributed by atoms with van der Waals surface area (Å²) in [5.74, 6) is -0.0491. The van der Waals surface area contributed by atoms with Gasteiger partial charge >= 0.3 is 5.97 Å². The van der Waals surface area contributed by atoms with E-state index in [0.29, 0.717) is 0 Å². The van der Waals surface area contributed by atoms with Crippen LogP contribution in [0.4, 0.5) is 0 Å². The zero-order valence-electron chi connectivity index (χ0n) is 9.28. The Balaban J connectivity index is 2.97. The van der Waals surface area contributed by atoms with Crippen molar-refractivity contribution in [2.24, 2.45) is 0 Å². The lowest BCUT2D eigenvalue weighted by Crippen LogP contribution is -2.04. The van der Waals surface area contributed by atoms with Gasteiger partial charge in [-0.1, -0.05) is 19.1 Å². The quantitative estimate of drug-likeness (QED) is 0.827. The van der Waals surface area contributed by atoms with Crippen molar-refractivity contribution in [2.75, 3.05) is 7.11 Å². The topological polar surface area (TPSA) is 46.5 Å². The average Bonchev–Trinajstić information content (AvgIpc) is 2.16. The molecule has 15 heavy (non-hydrogen) atoms. The van der Waals surface area contributed by atoms with Gasteiger partial charge in [0.05, 0.1) is 13.5 Å². The van der Waals surface area contributed by atoms with E-state index in [1.54, 1.807) is 7.11 Å². The van der Waals surface area contributed by atoms with Crippen LogP contribution in [0.3, 0.4) is 0 Å². The van der Waals surface area contributed by atoms with E-state index >= 15 is 0 Å². The molecule has 0 spiro atoms. The maximum absolute atomic E-state index is 10.6. The van der Waals surface area contributed by atoms with Crippen molar-refractivity contribution in [1.29, 1.82) is 0 Å². The van der Waals surface area contributed by atoms with Crippen LogP contribution in [0.25, 0.3) is 0 Å². The Morgan fingerprint density at radius 1 is 1.53 bits per heavy atom. The Hall–Kier alpha value is -1.51. The monoisotopic (exact) mass is 208 g/mol. The number of carboxylic acids is 1. The first kappa shape index (κ1) is 11.6. The fraction of sp³-hybridized carbons (Fsp3) is 0.417. The van der Waals surface area contributed by atoms with E-state index in [4.69, 9.17) is 9.84 Å². The second-order valence-electron chi connectivity index (χ2n) is 3.74. The molecule has 3 nitrogen and oxygen atoms in total. The largest absolute Gasteiger partial charge is 0.496 e. The second kappa shape index (κ2) is 4.82. The predicted octanol–water partition coefficient (Wildman–Crippen LogP) is 2.58. The van der Waals surface area contributed by atoms with E-state index in [0.717, 1.165) is 16.9 Å². The van der Waals surface area contributed by atoms with Crippen molar-refractivity contribution in [1.82, 2.24) is 0 Å². The number of carboxylic acid groups (broad SMARTS) is 1. The summed E-state index contributed by atoms with van der Waals surface area (Å²) >= 11 is 0. The van der Waals surface area contributed by atoms with Crippen LogP contribution >= 0.6 is 0 Å². The molecule has 1 N–H and O–H groups in total. The number of aliphatic carboxylic acids is 1. The molecule has 0 heterocycles. The summed E-state index contributed by atoms with van der Waals surface area (Å²) in [5.41, 5.74) is 2.06. The van der Waals surface area contributed by atoms with Crippen molar-refractivity contribution in [3.8, 4) is 5.75 Å². The van der Waals surface area contributed by atoms with Crippen LogP contribution in [0.1, 0.15) is 30.4 Å². The maximum atomic E-state index is 10.6. The van der Waals surface area contributed by atoms with Gasteiger partial charge in [0.1, 0.15) is 5.75 Å². The molecule has 1 aromatic carbocycles. The highest BCUT2D eigenvalue weighted by atomic mass is 16.5. The molecule has 0 aromatic heterocycles. The van der Waals surface area contributed by atoms with Crippen LogP contribution in [-0.4, -0.2) is 18.2 Å². The van der Waals surface area contributed by atoms with Gasteiger partial charge in [-0.3, -0.25) is 4.79 Å². The average molecular weight is 208 g/mol. The van der Waals surface area contributed by atoms with E-state index in [-0.39, 0.29) is 12.3 Å². The van der Waals surface area contributed by atoms with Crippen LogP contribution in [0, 0.1) is 6.92 Å². The lowest BCUT2D eigenvalue weighted by atomic mass is 9.96. The molecule has 0 aliphatic rings. The highest BCUT2D eigenvalue weighted by molar-refractivity contribution is 5.68. The summed E-state index contributed by atoms with van der Waals surface area (Å²) in [6.45, 7) is 3.87. The molecule has 0 fully saturated rings. The highest BCUT2D eigenvalue weighted by Gasteiger charge is 2.14. The number of benzene rings is 1. The molecular formula is C12H16O3. The van der Waals surface area contributed by atoms with Crippen LogP contribution in [0.15, 0.2) is 18.2 Å². The van der Waals surface area contributed by atoms with Gasteiger partial charge in [0.25, 0.3) is 0 Å². The number of carbonyl (C=O) groups is 1. The van der Waals surface area contributed by atoms with Gasteiger partial charge in [0.15, 0.2) is 0 Å². The molecule has 82 valence electrons. The van der Waals surface area contributed by atoms with E-state index in [9.17, 15) is 4.79 Å². The molecule has 1 atom stereocenters. The third-order valence-electron chi connectivity index (χ3n) is 2.40. The van der Waals surface area contributed by atoms with Crippen molar-refractivity contribution in [3.05, 3.63) is 29.3 Å². The first-order chi connectivity index (χ1) is 7.04. The molecule has 0 amide bonds. The third kappa shape index (κ3) is 2.98. The van der Waals surface area contributed by atoms with Crippen LogP contribution in [0.5, 0.6) is 5.75 Å². The van der Waals surface area contributed by atoms with E-state index in [1.165, 1.54) is 0 Å². The number of methoxy groups -OCH3 is 1. The van der Waals surface area contributed by atoms with Gasteiger partial charge in [0, 0.05) is 0 Å². The van der Waals surface area contributed by atoms with Crippen LogP contribution in [-0.2, 0) is 4.79 Å². The fourth-order valence-corrected chi connectivity index (χ4v) is 1.60. The van der Waals surface area contributed by atoms with Gasteiger partial charge in [-0.05, 0) is 30.0 Å². The normalized spacial score (nSPS) is 12.2. The number of rotatable bonds is 4. The summed E-state index contributed by atoms with van der Waals surface area (Å²) in [5, 5.41) is 8.72. The highest BCUT2D eigenvalue weighted by Crippen LogP contribution is 2.29. The van der Waals surface area contributed by atoms with Gasteiger partial charge in [-0.2, -0.15) is 0 Å². The molecule has 1 unspecified atom stereocenters. The Morgan fingerprint density at radius 2 is 2.20 bits per heavy atom. The zero-order chi connectivity index (χ0) is 11.4. The summed E-state index contributed by atoms with van der Waals surface area (Å²) in [4.78, 5) is 10.6. The molecule has 0 aliphatic carbocycles. The molecule has 0 saturated heterocycles. The Bertz CT molecular complexity index is 358. The molecule has 3 heteroatoms. The van der Waals surface area contributed by atoms with E-state index in [1.807, 2.05) is 32.0 Å². The first-order valence-electron chi connectivity index (χ1n) is 4.91. The lowest BCUT2D eigenvalue weighted by Gasteiger charge is -2.14. The maximum Gasteiger partial charge on any atom is 0.303 e. The summed E-state index contributed by atoms with van der Waals surface area (Å²) in [7, 11) is 1.60. The van der Waals surface area contributed by atoms with Crippen molar-refractivity contribution < 1.29 is 14.6 Å². The summed E-state index contributed by atoms with van der Waals surface area (Å²) < 4.78 is 5.24. The van der Waals surface area contributed by atoms with E-state index < -0.39 is 5.97 Å². The van der Waals surface area contributed by atoms with Crippen LogP contribution < -0.4 is 4.74 Å². The molecule has 0 bridgehead atoms. The molecule has 0 radical (unpaired) electrons. The minimum Gasteiger partial charge on any atom is -0.496 e. The van der Waals surface area contributed by atoms with Crippen molar-refractivity contribution in [2.45, 2.75) is 26.2 Å². The first-order valence-corrected chi connectivity index (χ1v) is 4.91. The number of ether oxygens (including phenoxy) is 1. The van der Waals surface area contributed by atoms with Crippen molar-refractivity contribution >= 4 is 5.97 Å². The minimum atomic E-state index is -0.787. The molecule has 0 aliphatic heterocycles. The lowest BCUT2D eigenvalue weighted by molar-refractivity contribution is -0.137. The standard InChI is InChI=1S/C12H16O3/c1-8-4-5-10(11(6-8)15-3)9(2)7-12(13)14/h4-6,9H,7H2,1-3H3,(H,13,14). The molecule has 1 rings (SSSR count). The van der Waals surface area contributed by atoms with Crippen LogP contribution in [0.2, 0.25) is 0 Å². The Morgan fingerprint density at radius 3 is 2.73 bits per heavy atom. The number of hydrogen-bond acceptors (Lipinski definition) is 2. The predicted molar refractivity (Wildman–Crippen MR) is 58.4 cm³/mol. The summed E-state index contributed by atoms with van der Waals surface area (Å²) in [6, 6.07) is 5.83. The number of hydrogen-bond donors (Lipinski definition) is 1. The zero-order valence-corrected chi connectivity index (χ0v) is 9.28. The third-order valence-corrected chi connectivity index (χ3v) is 2.40. The molecule has 1 aromatic rings. The van der Waals surface area contributed by atoms with Gasteiger partial charge < -0.3 is 9.84 Å².